The van der Waals surface area contributed by atoms with E-state index in [1.807, 2.05) is 66.7 Å². The van der Waals surface area contributed by atoms with Crippen LogP contribution < -0.4 is 0 Å². The zero-order valence-corrected chi connectivity index (χ0v) is 19.1. The Labute approximate surface area is 195 Å². The summed E-state index contributed by atoms with van der Waals surface area (Å²) in [7, 11) is 0. The minimum atomic E-state index is -1.01. The van der Waals surface area contributed by atoms with E-state index < -0.39 is 11.4 Å². The first kappa shape index (κ1) is 23.0. The van der Waals surface area contributed by atoms with Crippen LogP contribution in [0.5, 0.6) is 0 Å². The summed E-state index contributed by atoms with van der Waals surface area (Å²) < 4.78 is 0.889. The van der Waals surface area contributed by atoms with Crippen LogP contribution in [0.1, 0.15) is 29.5 Å². The summed E-state index contributed by atoms with van der Waals surface area (Å²) in [6.45, 7) is 0. The molecule has 3 nitrogen and oxygen atoms in total. The molecule has 3 aromatic rings. The van der Waals surface area contributed by atoms with Gasteiger partial charge in [-0.2, -0.15) is 0 Å². The third-order valence-corrected chi connectivity index (χ3v) is 6.34. The number of rotatable bonds is 9. The van der Waals surface area contributed by atoms with Gasteiger partial charge in [0, 0.05) is 15.9 Å². The standard InChI is InChI=1S/C26H22BrClO3/c27-23-9-5-4-6-20(23)18-26(17-16-25(30)31,21-7-2-1-3-8-21)24(29)15-12-19-10-13-22(28)14-11-19/h1-15H,16-18H2,(H,30,31)/b15-12+. The van der Waals surface area contributed by atoms with Crippen molar-refractivity contribution in [1.29, 1.82) is 0 Å². The summed E-state index contributed by atoms with van der Waals surface area (Å²) in [5.41, 5.74) is 1.59. The number of hydrogen-bond acceptors (Lipinski definition) is 2. The Morgan fingerprint density at radius 3 is 2.23 bits per heavy atom. The number of allylic oxidation sites excluding steroid dienone is 1. The number of carboxylic acid groups (broad SMARTS) is 1. The summed E-state index contributed by atoms with van der Waals surface area (Å²) in [5.74, 6) is -1.06. The molecule has 158 valence electrons. The molecule has 5 heteroatoms. The van der Waals surface area contributed by atoms with E-state index in [0.717, 1.165) is 21.2 Å². The van der Waals surface area contributed by atoms with Crippen LogP contribution in [-0.4, -0.2) is 16.9 Å². The Hall–Kier alpha value is -2.69. The Morgan fingerprint density at radius 1 is 0.935 bits per heavy atom. The van der Waals surface area contributed by atoms with Crippen LogP contribution in [0, 0.1) is 0 Å². The van der Waals surface area contributed by atoms with Gasteiger partial charge in [-0.25, -0.2) is 0 Å². The van der Waals surface area contributed by atoms with E-state index in [0.29, 0.717) is 11.4 Å². The molecule has 0 amide bonds. The van der Waals surface area contributed by atoms with E-state index in [4.69, 9.17) is 11.6 Å². The van der Waals surface area contributed by atoms with Crippen LogP contribution in [0.25, 0.3) is 6.08 Å². The van der Waals surface area contributed by atoms with Gasteiger partial charge in [0.05, 0.1) is 5.41 Å². The van der Waals surface area contributed by atoms with E-state index >= 15 is 0 Å². The highest BCUT2D eigenvalue weighted by molar-refractivity contribution is 9.10. The lowest BCUT2D eigenvalue weighted by molar-refractivity contribution is -0.137. The van der Waals surface area contributed by atoms with Gasteiger partial charge in [0.2, 0.25) is 0 Å². The van der Waals surface area contributed by atoms with Crippen LogP contribution >= 0.6 is 27.5 Å². The van der Waals surface area contributed by atoms with Gasteiger partial charge in [0.1, 0.15) is 0 Å². The first-order valence-electron chi connectivity index (χ1n) is 9.89. The molecule has 31 heavy (non-hydrogen) atoms. The molecule has 0 saturated carbocycles. The largest absolute Gasteiger partial charge is 0.481 e. The Bertz CT molecular complexity index is 1080. The predicted octanol–water partition coefficient (Wildman–Crippen LogP) is 6.73. The molecular weight excluding hydrogens is 476 g/mol. The number of aliphatic carboxylic acids is 1. The molecule has 0 bridgehead atoms. The lowest BCUT2D eigenvalue weighted by Gasteiger charge is -2.32. The van der Waals surface area contributed by atoms with Gasteiger partial charge in [-0.05, 0) is 53.8 Å². The second-order valence-electron chi connectivity index (χ2n) is 7.36. The molecule has 0 saturated heterocycles. The Morgan fingerprint density at radius 2 is 1.58 bits per heavy atom. The third-order valence-electron chi connectivity index (χ3n) is 5.31. The summed E-state index contributed by atoms with van der Waals surface area (Å²) in [4.78, 5) is 25.2. The van der Waals surface area contributed by atoms with Crippen molar-refractivity contribution in [3.63, 3.8) is 0 Å². The van der Waals surface area contributed by atoms with Crippen molar-refractivity contribution in [2.75, 3.05) is 0 Å². The predicted molar refractivity (Wildman–Crippen MR) is 128 cm³/mol. The fourth-order valence-electron chi connectivity index (χ4n) is 3.64. The quantitative estimate of drug-likeness (QED) is 0.333. The van der Waals surface area contributed by atoms with Gasteiger partial charge < -0.3 is 5.11 Å². The van der Waals surface area contributed by atoms with Crippen LogP contribution in [-0.2, 0) is 21.4 Å². The molecule has 3 rings (SSSR count). The van der Waals surface area contributed by atoms with Gasteiger partial charge >= 0.3 is 5.97 Å². The summed E-state index contributed by atoms with van der Waals surface area (Å²) >= 11 is 9.53. The number of benzene rings is 3. The van der Waals surface area contributed by atoms with Crippen molar-refractivity contribution in [1.82, 2.24) is 0 Å². The van der Waals surface area contributed by atoms with Crippen molar-refractivity contribution in [2.45, 2.75) is 24.7 Å². The minimum Gasteiger partial charge on any atom is -0.481 e. The molecule has 0 aliphatic heterocycles. The molecule has 0 heterocycles. The van der Waals surface area contributed by atoms with Gasteiger partial charge in [-0.1, -0.05) is 94.3 Å². The zero-order chi connectivity index (χ0) is 22.3. The molecule has 1 unspecified atom stereocenters. The number of carbonyl (C=O) groups excluding carboxylic acids is 1. The number of ketones is 1. The van der Waals surface area contributed by atoms with Crippen LogP contribution in [0.2, 0.25) is 5.02 Å². The maximum Gasteiger partial charge on any atom is 0.303 e. The molecule has 0 spiro atoms. The highest BCUT2D eigenvalue weighted by atomic mass is 79.9. The van der Waals surface area contributed by atoms with Gasteiger partial charge in [0.25, 0.3) is 0 Å². The molecule has 3 aromatic carbocycles. The van der Waals surface area contributed by atoms with Crippen LogP contribution in [0.4, 0.5) is 0 Å². The summed E-state index contributed by atoms with van der Waals surface area (Å²) in [6, 6.07) is 24.3. The molecule has 0 radical (unpaired) electrons. The fraction of sp³-hybridized carbons (Fsp3) is 0.154. The monoisotopic (exact) mass is 496 g/mol. The highest BCUT2D eigenvalue weighted by Crippen LogP contribution is 2.37. The number of carboxylic acids is 1. The van der Waals surface area contributed by atoms with E-state index in [-0.39, 0.29) is 18.6 Å². The molecule has 0 aliphatic rings. The minimum absolute atomic E-state index is 0.111. The van der Waals surface area contributed by atoms with Gasteiger partial charge in [-0.15, -0.1) is 0 Å². The van der Waals surface area contributed by atoms with E-state index in [1.54, 1.807) is 24.3 Å². The van der Waals surface area contributed by atoms with Crippen LogP contribution in [0.15, 0.2) is 89.4 Å². The molecule has 0 aliphatic carbocycles. The normalized spacial score (nSPS) is 13.1. The third kappa shape index (κ3) is 5.93. The van der Waals surface area contributed by atoms with Crippen molar-refractivity contribution in [3.8, 4) is 0 Å². The average molecular weight is 498 g/mol. The topological polar surface area (TPSA) is 54.4 Å². The van der Waals surface area contributed by atoms with E-state index in [2.05, 4.69) is 15.9 Å². The second kappa shape index (κ2) is 10.6. The van der Waals surface area contributed by atoms with E-state index in [9.17, 15) is 14.7 Å². The molecular formula is C26H22BrClO3. The molecule has 1 N–H and O–H groups in total. The number of hydrogen-bond donors (Lipinski definition) is 1. The molecule has 1 atom stereocenters. The first-order chi connectivity index (χ1) is 14.9. The highest BCUT2D eigenvalue weighted by Gasteiger charge is 2.39. The average Bonchev–Trinajstić information content (AvgIpc) is 2.78. The number of halogens is 2. The van der Waals surface area contributed by atoms with Crippen molar-refractivity contribution in [3.05, 3.63) is 111 Å². The maximum atomic E-state index is 13.7. The lowest BCUT2D eigenvalue weighted by Crippen LogP contribution is -2.38. The SMILES string of the molecule is O=C(O)CCC(Cc1ccccc1Br)(C(=O)/C=C/c1ccc(Cl)cc1)c1ccccc1. The molecule has 0 fully saturated rings. The second-order valence-corrected chi connectivity index (χ2v) is 8.65. The summed E-state index contributed by atoms with van der Waals surface area (Å²) in [6.07, 6.45) is 3.76. The van der Waals surface area contributed by atoms with Crippen molar-refractivity contribution in [2.24, 2.45) is 0 Å². The van der Waals surface area contributed by atoms with Crippen molar-refractivity contribution >= 4 is 45.4 Å². The number of carbonyl (C=O) groups is 2. The fourth-order valence-corrected chi connectivity index (χ4v) is 4.19. The van der Waals surface area contributed by atoms with Gasteiger partial charge in [-0.3, -0.25) is 9.59 Å². The molecule has 0 aromatic heterocycles. The zero-order valence-electron chi connectivity index (χ0n) is 16.8. The first-order valence-corrected chi connectivity index (χ1v) is 11.1. The smallest absolute Gasteiger partial charge is 0.303 e. The van der Waals surface area contributed by atoms with Crippen LogP contribution in [0.3, 0.4) is 0 Å². The van der Waals surface area contributed by atoms with Gasteiger partial charge in [0.15, 0.2) is 5.78 Å². The Kier molecular flexibility index (Phi) is 7.83. The van der Waals surface area contributed by atoms with Crippen molar-refractivity contribution < 1.29 is 14.7 Å². The summed E-state index contributed by atoms with van der Waals surface area (Å²) in [5, 5.41) is 10.0. The lowest BCUT2D eigenvalue weighted by atomic mass is 9.69. The van der Waals surface area contributed by atoms with E-state index in [1.165, 1.54) is 0 Å². The maximum absolute atomic E-state index is 13.7. The Balaban J connectivity index is 2.07.